The SMILES string of the molecule is O=C(N[C@@H](CO)[C@@H](O)c1ccccc1)C1CN(c2ccccc2)CCN1. The van der Waals surface area contributed by atoms with E-state index in [1.807, 2.05) is 48.5 Å². The Morgan fingerprint density at radius 3 is 2.46 bits per heavy atom. The van der Waals surface area contributed by atoms with Crippen LogP contribution in [-0.4, -0.2) is 54.4 Å². The molecule has 2 aromatic carbocycles. The van der Waals surface area contributed by atoms with Crippen LogP contribution in [0.4, 0.5) is 5.69 Å². The van der Waals surface area contributed by atoms with Gasteiger partial charge in [0.2, 0.25) is 5.91 Å². The van der Waals surface area contributed by atoms with E-state index >= 15 is 0 Å². The zero-order chi connectivity index (χ0) is 18.4. The molecule has 0 saturated carbocycles. The lowest BCUT2D eigenvalue weighted by molar-refractivity contribution is -0.125. The van der Waals surface area contributed by atoms with E-state index in [1.165, 1.54) is 0 Å². The summed E-state index contributed by atoms with van der Waals surface area (Å²) in [6.45, 7) is 1.72. The molecule has 1 unspecified atom stereocenters. The lowest BCUT2D eigenvalue weighted by Gasteiger charge is -2.35. The fourth-order valence-electron chi connectivity index (χ4n) is 3.19. The van der Waals surface area contributed by atoms with E-state index in [4.69, 9.17) is 0 Å². The topological polar surface area (TPSA) is 84.8 Å². The molecular weight excluding hydrogens is 330 g/mol. The van der Waals surface area contributed by atoms with Gasteiger partial charge in [0.25, 0.3) is 0 Å². The Balaban J connectivity index is 1.62. The molecule has 0 radical (unpaired) electrons. The number of amides is 1. The highest BCUT2D eigenvalue weighted by molar-refractivity contribution is 5.83. The minimum atomic E-state index is -0.959. The van der Waals surface area contributed by atoms with Crippen molar-refractivity contribution in [2.45, 2.75) is 18.2 Å². The summed E-state index contributed by atoms with van der Waals surface area (Å²) in [6.07, 6.45) is -0.959. The number of aliphatic hydroxyl groups is 2. The smallest absolute Gasteiger partial charge is 0.239 e. The first kappa shape index (κ1) is 18.4. The highest BCUT2D eigenvalue weighted by Crippen LogP contribution is 2.18. The molecule has 26 heavy (non-hydrogen) atoms. The number of aliphatic hydroxyl groups excluding tert-OH is 2. The molecule has 1 aliphatic heterocycles. The molecular formula is C20H25N3O3. The van der Waals surface area contributed by atoms with Crippen molar-refractivity contribution in [2.75, 3.05) is 31.1 Å². The van der Waals surface area contributed by atoms with E-state index in [-0.39, 0.29) is 12.5 Å². The second kappa shape index (κ2) is 8.80. The Labute approximate surface area is 153 Å². The number of benzene rings is 2. The van der Waals surface area contributed by atoms with Crippen molar-refractivity contribution < 1.29 is 15.0 Å². The van der Waals surface area contributed by atoms with E-state index in [1.54, 1.807) is 12.1 Å². The lowest BCUT2D eigenvalue weighted by atomic mass is 10.0. The molecule has 4 N–H and O–H groups in total. The van der Waals surface area contributed by atoms with Crippen molar-refractivity contribution in [3.8, 4) is 0 Å². The summed E-state index contributed by atoms with van der Waals surface area (Å²) >= 11 is 0. The Morgan fingerprint density at radius 2 is 1.81 bits per heavy atom. The summed E-state index contributed by atoms with van der Waals surface area (Å²) in [7, 11) is 0. The maximum Gasteiger partial charge on any atom is 0.239 e. The number of para-hydroxylation sites is 1. The summed E-state index contributed by atoms with van der Waals surface area (Å²) in [5.74, 6) is -0.223. The Kier molecular flexibility index (Phi) is 6.22. The van der Waals surface area contributed by atoms with Gasteiger partial charge in [-0.2, -0.15) is 0 Å². The lowest BCUT2D eigenvalue weighted by Crippen LogP contribution is -2.59. The Bertz CT molecular complexity index is 696. The number of hydrogen-bond acceptors (Lipinski definition) is 5. The number of nitrogens with one attached hydrogen (secondary N) is 2. The number of carbonyl (C=O) groups is 1. The number of nitrogens with zero attached hydrogens (tertiary/aromatic N) is 1. The summed E-state index contributed by atoms with van der Waals surface area (Å²) in [5, 5.41) is 26.1. The fraction of sp³-hybridized carbons (Fsp3) is 0.350. The second-order valence-corrected chi connectivity index (χ2v) is 6.44. The van der Waals surface area contributed by atoms with E-state index in [0.717, 1.165) is 12.2 Å². The molecule has 0 spiro atoms. The minimum absolute atomic E-state index is 0.223. The van der Waals surface area contributed by atoms with Gasteiger partial charge in [0.15, 0.2) is 0 Å². The second-order valence-electron chi connectivity index (χ2n) is 6.44. The van der Waals surface area contributed by atoms with Crippen molar-refractivity contribution in [3.63, 3.8) is 0 Å². The van der Waals surface area contributed by atoms with Crippen molar-refractivity contribution in [2.24, 2.45) is 0 Å². The van der Waals surface area contributed by atoms with Gasteiger partial charge in [-0.25, -0.2) is 0 Å². The predicted octanol–water partition coefficient (Wildman–Crippen LogP) is 0.675. The first-order chi connectivity index (χ1) is 12.7. The van der Waals surface area contributed by atoms with Crippen LogP contribution in [0, 0.1) is 0 Å². The van der Waals surface area contributed by atoms with Gasteiger partial charge in [-0.05, 0) is 17.7 Å². The van der Waals surface area contributed by atoms with Gasteiger partial charge in [-0.15, -0.1) is 0 Å². The number of carbonyl (C=O) groups excluding carboxylic acids is 1. The summed E-state index contributed by atoms with van der Waals surface area (Å²) in [4.78, 5) is 14.8. The van der Waals surface area contributed by atoms with Crippen LogP contribution in [0.5, 0.6) is 0 Å². The highest BCUT2D eigenvalue weighted by atomic mass is 16.3. The first-order valence-corrected chi connectivity index (χ1v) is 8.86. The van der Waals surface area contributed by atoms with Crippen molar-refractivity contribution in [1.29, 1.82) is 0 Å². The van der Waals surface area contributed by atoms with Crippen LogP contribution in [0.3, 0.4) is 0 Å². The van der Waals surface area contributed by atoms with Crippen LogP contribution >= 0.6 is 0 Å². The number of rotatable bonds is 6. The summed E-state index contributed by atoms with van der Waals surface area (Å²) in [6, 6.07) is 17.8. The molecule has 138 valence electrons. The van der Waals surface area contributed by atoms with Crippen LogP contribution in [0.15, 0.2) is 60.7 Å². The summed E-state index contributed by atoms with van der Waals surface area (Å²) < 4.78 is 0. The van der Waals surface area contributed by atoms with E-state index in [2.05, 4.69) is 15.5 Å². The zero-order valence-corrected chi connectivity index (χ0v) is 14.6. The van der Waals surface area contributed by atoms with Crippen molar-refractivity contribution in [1.82, 2.24) is 10.6 Å². The van der Waals surface area contributed by atoms with Crippen LogP contribution < -0.4 is 15.5 Å². The molecule has 6 nitrogen and oxygen atoms in total. The van der Waals surface area contributed by atoms with Gasteiger partial charge in [0.05, 0.1) is 12.6 Å². The average Bonchev–Trinajstić information content (AvgIpc) is 2.72. The Morgan fingerprint density at radius 1 is 1.15 bits per heavy atom. The predicted molar refractivity (Wildman–Crippen MR) is 101 cm³/mol. The van der Waals surface area contributed by atoms with Gasteiger partial charge in [-0.3, -0.25) is 4.79 Å². The van der Waals surface area contributed by atoms with E-state index in [9.17, 15) is 15.0 Å². The minimum Gasteiger partial charge on any atom is -0.394 e. The quantitative estimate of drug-likeness (QED) is 0.612. The molecule has 1 heterocycles. The van der Waals surface area contributed by atoms with Crippen LogP contribution in [0.2, 0.25) is 0 Å². The van der Waals surface area contributed by atoms with Crippen molar-refractivity contribution in [3.05, 3.63) is 66.2 Å². The molecule has 6 heteroatoms. The molecule has 1 fully saturated rings. The average molecular weight is 355 g/mol. The molecule has 1 aliphatic rings. The third-order valence-corrected chi connectivity index (χ3v) is 4.66. The van der Waals surface area contributed by atoms with Crippen molar-refractivity contribution >= 4 is 11.6 Å². The molecule has 2 aromatic rings. The van der Waals surface area contributed by atoms with E-state index < -0.39 is 18.2 Å². The number of anilines is 1. The van der Waals surface area contributed by atoms with Gasteiger partial charge in [0.1, 0.15) is 12.1 Å². The van der Waals surface area contributed by atoms with Gasteiger partial charge >= 0.3 is 0 Å². The molecule has 0 aromatic heterocycles. The number of piperazine rings is 1. The molecule has 3 atom stereocenters. The van der Waals surface area contributed by atoms with Crippen LogP contribution in [0.25, 0.3) is 0 Å². The third-order valence-electron chi connectivity index (χ3n) is 4.66. The maximum absolute atomic E-state index is 12.7. The normalized spacial score (nSPS) is 19.6. The van der Waals surface area contributed by atoms with Crippen LogP contribution in [0.1, 0.15) is 11.7 Å². The molecule has 3 rings (SSSR count). The standard InChI is InChI=1S/C20H25N3O3/c24-14-18(19(25)15-7-3-1-4-8-15)22-20(26)17-13-23(12-11-21-17)16-9-5-2-6-10-16/h1-10,17-19,21,24-25H,11-14H2,(H,22,26)/t17?,18-,19-/m0/s1. The van der Waals surface area contributed by atoms with Crippen LogP contribution in [-0.2, 0) is 4.79 Å². The monoisotopic (exact) mass is 355 g/mol. The van der Waals surface area contributed by atoms with E-state index in [0.29, 0.717) is 18.7 Å². The maximum atomic E-state index is 12.7. The Hall–Kier alpha value is -2.41. The first-order valence-electron chi connectivity index (χ1n) is 8.86. The van der Waals surface area contributed by atoms with Gasteiger partial charge in [-0.1, -0.05) is 48.5 Å². The zero-order valence-electron chi connectivity index (χ0n) is 14.6. The fourth-order valence-corrected chi connectivity index (χ4v) is 3.19. The number of hydrogen-bond donors (Lipinski definition) is 4. The molecule has 0 aliphatic carbocycles. The largest absolute Gasteiger partial charge is 0.394 e. The molecule has 0 bridgehead atoms. The highest BCUT2D eigenvalue weighted by Gasteiger charge is 2.29. The van der Waals surface area contributed by atoms with Gasteiger partial charge < -0.3 is 25.7 Å². The summed E-state index contributed by atoms with van der Waals surface area (Å²) in [5.41, 5.74) is 1.74. The van der Waals surface area contributed by atoms with Gasteiger partial charge in [0, 0.05) is 25.3 Å². The molecule has 1 saturated heterocycles. The molecule has 1 amide bonds. The third kappa shape index (κ3) is 4.40.